The number of hydrogen-bond acceptors (Lipinski definition) is 2. The predicted molar refractivity (Wildman–Crippen MR) is 53.6 cm³/mol. The van der Waals surface area contributed by atoms with Crippen molar-refractivity contribution in [3.63, 3.8) is 0 Å². The maximum absolute atomic E-state index is 11.6. The number of aliphatic hydroxyl groups excluding tert-OH is 1. The third-order valence-electron chi connectivity index (χ3n) is 3.52. The lowest BCUT2D eigenvalue weighted by Crippen LogP contribution is -2.40. The van der Waals surface area contributed by atoms with Gasteiger partial charge < -0.3 is 10.4 Å². The zero-order valence-electron chi connectivity index (χ0n) is 8.70. The Hall–Kier alpha value is -0.570. The van der Waals surface area contributed by atoms with Crippen LogP contribution in [0.25, 0.3) is 0 Å². The van der Waals surface area contributed by atoms with Gasteiger partial charge in [-0.05, 0) is 37.5 Å². The van der Waals surface area contributed by atoms with Gasteiger partial charge in [-0.2, -0.15) is 0 Å². The lowest BCUT2D eigenvalue weighted by atomic mass is 9.82. The first-order chi connectivity index (χ1) is 6.66. The molecule has 0 bridgehead atoms. The lowest BCUT2D eigenvalue weighted by Gasteiger charge is -2.31. The van der Waals surface area contributed by atoms with Gasteiger partial charge >= 0.3 is 0 Å². The van der Waals surface area contributed by atoms with Crippen molar-refractivity contribution < 1.29 is 9.90 Å². The summed E-state index contributed by atoms with van der Waals surface area (Å²) in [5, 5.41) is 12.1. The number of rotatable bonds is 4. The van der Waals surface area contributed by atoms with E-state index < -0.39 is 0 Å². The molecule has 2 rings (SSSR count). The normalized spacial score (nSPS) is 33.3. The molecule has 0 heterocycles. The largest absolute Gasteiger partial charge is 0.393 e. The maximum atomic E-state index is 11.6. The molecule has 14 heavy (non-hydrogen) atoms. The van der Waals surface area contributed by atoms with Gasteiger partial charge in [-0.3, -0.25) is 4.79 Å². The summed E-state index contributed by atoms with van der Waals surface area (Å²) in [5.74, 6) is 1.55. The second-order valence-corrected chi connectivity index (χ2v) is 4.86. The highest BCUT2D eigenvalue weighted by molar-refractivity contribution is 5.78. The molecular formula is C11H19NO2. The number of nitrogens with one attached hydrogen (secondary N) is 1. The SMILES string of the molecule is CC(C(=O)NCC1CC(O)C1)C1CC1. The van der Waals surface area contributed by atoms with Crippen LogP contribution in [0.15, 0.2) is 0 Å². The number of carbonyl (C=O) groups is 1. The zero-order chi connectivity index (χ0) is 10.1. The van der Waals surface area contributed by atoms with E-state index in [1.807, 2.05) is 6.92 Å². The van der Waals surface area contributed by atoms with Crippen molar-refractivity contribution in [2.45, 2.75) is 38.7 Å². The van der Waals surface area contributed by atoms with Crippen molar-refractivity contribution in [3.8, 4) is 0 Å². The van der Waals surface area contributed by atoms with E-state index in [1.165, 1.54) is 12.8 Å². The second kappa shape index (κ2) is 3.89. The monoisotopic (exact) mass is 197 g/mol. The zero-order valence-corrected chi connectivity index (χ0v) is 8.70. The molecule has 2 N–H and O–H groups in total. The Morgan fingerprint density at radius 3 is 2.64 bits per heavy atom. The first-order valence-corrected chi connectivity index (χ1v) is 5.62. The summed E-state index contributed by atoms with van der Waals surface area (Å²) in [6.45, 7) is 2.77. The van der Waals surface area contributed by atoms with Gasteiger partial charge in [0.1, 0.15) is 0 Å². The van der Waals surface area contributed by atoms with E-state index >= 15 is 0 Å². The average molecular weight is 197 g/mol. The van der Waals surface area contributed by atoms with Crippen LogP contribution in [0.1, 0.15) is 32.6 Å². The highest BCUT2D eigenvalue weighted by atomic mass is 16.3. The fourth-order valence-corrected chi connectivity index (χ4v) is 2.08. The van der Waals surface area contributed by atoms with Crippen LogP contribution in [0, 0.1) is 17.8 Å². The van der Waals surface area contributed by atoms with E-state index in [4.69, 9.17) is 5.11 Å². The molecule has 0 aromatic heterocycles. The van der Waals surface area contributed by atoms with Gasteiger partial charge in [0.25, 0.3) is 0 Å². The molecule has 0 aromatic carbocycles. The van der Waals surface area contributed by atoms with Crippen LogP contribution in [0.5, 0.6) is 0 Å². The number of aliphatic hydroxyl groups is 1. The van der Waals surface area contributed by atoms with Crippen molar-refractivity contribution in [1.29, 1.82) is 0 Å². The van der Waals surface area contributed by atoms with Gasteiger partial charge in [0.05, 0.1) is 6.10 Å². The summed E-state index contributed by atoms with van der Waals surface area (Å²) in [6.07, 6.45) is 4.04. The van der Waals surface area contributed by atoms with Gasteiger partial charge in [0.2, 0.25) is 5.91 Å². The smallest absolute Gasteiger partial charge is 0.223 e. The van der Waals surface area contributed by atoms with Crippen LogP contribution in [0.3, 0.4) is 0 Å². The third kappa shape index (κ3) is 2.27. The van der Waals surface area contributed by atoms with Crippen LogP contribution in [0.2, 0.25) is 0 Å². The molecular weight excluding hydrogens is 178 g/mol. The number of amides is 1. The molecule has 1 unspecified atom stereocenters. The van der Waals surface area contributed by atoms with Crippen LogP contribution in [0.4, 0.5) is 0 Å². The Labute approximate surface area is 84.9 Å². The molecule has 0 aliphatic heterocycles. The molecule has 80 valence electrons. The Morgan fingerprint density at radius 1 is 1.50 bits per heavy atom. The number of hydrogen-bond donors (Lipinski definition) is 2. The molecule has 2 fully saturated rings. The topological polar surface area (TPSA) is 49.3 Å². The first kappa shape index (κ1) is 9.97. The molecule has 2 saturated carbocycles. The fourth-order valence-electron chi connectivity index (χ4n) is 2.08. The van der Waals surface area contributed by atoms with Crippen molar-refractivity contribution in [2.24, 2.45) is 17.8 Å². The molecule has 2 aliphatic rings. The first-order valence-electron chi connectivity index (χ1n) is 5.62. The Bertz CT molecular complexity index is 219. The quantitative estimate of drug-likeness (QED) is 0.704. The average Bonchev–Trinajstić information content (AvgIpc) is 2.91. The molecule has 0 radical (unpaired) electrons. The van der Waals surface area contributed by atoms with Crippen LogP contribution >= 0.6 is 0 Å². The summed E-state index contributed by atoms with van der Waals surface area (Å²) in [6, 6.07) is 0. The summed E-state index contributed by atoms with van der Waals surface area (Å²) in [4.78, 5) is 11.6. The van der Waals surface area contributed by atoms with Gasteiger partial charge in [-0.15, -0.1) is 0 Å². The molecule has 3 nitrogen and oxygen atoms in total. The van der Waals surface area contributed by atoms with Crippen LogP contribution in [-0.4, -0.2) is 23.7 Å². The van der Waals surface area contributed by atoms with Crippen molar-refractivity contribution in [1.82, 2.24) is 5.32 Å². The summed E-state index contributed by atoms with van der Waals surface area (Å²) in [7, 11) is 0. The van der Waals surface area contributed by atoms with Crippen LogP contribution in [-0.2, 0) is 4.79 Å². The van der Waals surface area contributed by atoms with Gasteiger partial charge in [0.15, 0.2) is 0 Å². The molecule has 1 amide bonds. The van der Waals surface area contributed by atoms with Gasteiger partial charge in [0, 0.05) is 12.5 Å². The second-order valence-electron chi connectivity index (χ2n) is 4.86. The van der Waals surface area contributed by atoms with Crippen molar-refractivity contribution in [2.75, 3.05) is 6.54 Å². The van der Waals surface area contributed by atoms with E-state index in [1.54, 1.807) is 0 Å². The summed E-state index contributed by atoms with van der Waals surface area (Å²) < 4.78 is 0. The molecule has 3 heteroatoms. The molecule has 0 aromatic rings. The number of carbonyl (C=O) groups excluding carboxylic acids is 1. The van der Waals surface area contributed by atoms with Crippen molar-refractivity contribution >= 4 is 5.91 Å². The van der Waals surface area contributed by atoms with E-state index in [9.17, 15) is 4.79 Å². The fraction of sp³-hybridized carbons (Fsp3) is 0.909. The maximum Gasteiger partial charge on any atom is 0.223 e. The van der Waals surface area contributed by atoms with Crippen LogP contribution < -0.4 is 5.32 Å². The Balaban J connectivity index is 1.62. The summed E-state index contributed by atoms with van der Waals surface area (Å²) in [5.41, 5.74) is 0. The minimum absolute atomic E-state index is 0.113. The highest BCUT2D eigenvalue weighted by Gasteiger charge is 2.33. The standard InChI is InChI=1S/C11H19NO2/c1-7(9-2-3-9)11(14)12-6-8-4-10(13)5-8/h7-10,13H,2-6H2,1H3,(H,12,14). The van der Waals surface area contributed by atoms with E-state index in [-0.39, 0.29) is 17.9 Å². The molecule has 1 atom stereocenters. The van der Waals surface area contributed by atoms with Gasteiger partial charge in [-0.25, -0.2) is 0 Å². The Kier molecular flexibility index (Phi) is 2.77. The third-order valence-corrected chi connectivity index (χ3v) is 3.52. The van der Waals surface area contributed by atoms with E-state index in [0.29, 0.717) is 11.8 Å². The van der Waals surface area contributed by atoms with Crippen molar-refractivity contribution in [3.05, 3.63) is 0 Å². The highest BCUT2D eigenvalue weighted by Crippen LogP contribution is 2.36. The molecule has 2 aliphatic carbocycles. The minimum atomic E-state index is -0.113. The molecule has 0 spiro atoms. The molecule has 0 saturated heterocycles. The van der Waals surface area contributed by atoms with Gasteiger partial charge in [-0.1, -0.05) is 6.92 Å². The Morgan fingerprint density at radius 2 is 2.14 bits per heavy atom. The lowest BCUT2D eigenvalue weighted by molar-refractivity contribution is -0.125. The minimum Gasteiger partial charge on any atom is -0.393 e. The summed E-state index contributed by atoms with van der Waals surface area (Å²) >= 11 is 0. The predicted octanol–water partition coefficient (Wildman–Crippen LogP) is 0.920. The van der Waals surface area contributed by atoms with E-state index in [0.717, 1.165) is 19.4 Å². The van der Waals surface area contributed by atoms with E-state index in [2.05, 4.69) is 5.32 Å².